The lowest BCUT2D eigenvalue weighted by Crippen LogP contribution is -2.24. The van der Waals surface area contributed by atoms with Crippen LogP contribution in [0.5, 0.6) is 0 Å². The molecular formula is C16H28N2O2S. The fourth-order valence-corrected chi connectivity index (χ4v) is 3.24. The van der Waals surface area contributed by atoms with E-state index >= 15 is 0 Å². The SMILES string of the molecule is CCCCCC(C)Nc1ccc(S(=O)(=O)NCCC)cc1. The van der Waals surface area contributed by atoms with Crippen LogP contribution in [0.4, 0.5) is 5.69 Å². The van der Waals surface area contributed by atoms with Gasteiger partial charge in [-0.3, -0.25) is 0 Å². The van der Waals surface area contributed by atoms with Crippen molar-refractivity contribution in [3.8, 4) is 0 Å². The van der Waals surface area contributed by atoms with Gasteiger partial charge >= 0.3 is 0 Å². The van der Waals surface area contributed by atoms with Gasteiger partial charge in [0.1, 0.15) is 0 Å². The number of unbranched alkanes of at least 4 members (excludes halogenated alkanes) is 2. The van der Waals surface area contributed by atoms with Crippen LogP contribution in [0.2, 0.25) is 0 Å². The molecule has 0 spiro atoms. The molecule has 0 aliphatic rings. The number of hydrogen-bond acceptors (Lipinski definition) is 3. The molecule has 0 saturated heterocycles. The molecule has 21 heavy (non-hydrogen) atoms. The average molecular weight is 312 g/mol. The van der Waals surface area contributed by atoms with Crippen LogP contribution in [0.1, 0.15) is 52.9 Å². The summed E-state index contributed by atoms with van der Waals surface area (Å²) in [5.41, 5.74) is 0.966. The van der Waals surface area contributed by atoms with Gasteiger partial charge < -0.3 is 5.32 Å². The fraction of sp³-hybridized carbons (Fsp3) is 0.625. The van der Waals surface area contributed by atoms with Crippen molar-refractivity contribution < 1.29 is 8.42 Å². The minimum absolute atomic E-state index is 0.320. The zero-order valence-corrected chi connectivity index (χ0v) is 14.2. The molecule has 0 saturated carbocycles. The van der Waals surface area contributed by atoms with E-state index in [1.54, 1.807) is 12.1 Å². The highest BCUT2D eigenvalue weighted by molar-refractivity contribution is 7.89. The second-order valence-electron chi connectivity index (χ2n) is 5.46. The molecule has 0 aliphatic heterocycles. The molecule has 0 radical (unpaired) electrons. The highest BCUT2D eigenvalue weighted by Crippen LogP contribution is 2.16. The first-order valence-electron chi connectivity index (χ1n) is 7.85. The van der Waals surface area contributed by atoms with Gasteiger partial charge in [-0.15, -0.1) is 0 Å². The summed E-state index contributed by atoms with van der Waals surface area (Å²) in [7, 11) is -3.36. The standard InChI is InChI=1S/C16H28N2O2S/c1-4-6-7-8-14(3)18-15-9-11-16(12-10-15)21(19,20)17-13-5-2/h9-12,14,17-18H,4-8,13H2,1-3H3. The monoisotopic (exact) mass is 312 g/mol. The minimum atomic E-state index is -3.36. The summed E-state index contributed by atoms with van der Waals surface area (Å²) in [6, 6.07) is 7.36. The average Bonchev–Trinajstić information content (AvgIpc) is 2.46. The number of sulfonamides is 1. The van der Waals surface area contributed by atoms with E-state index in [0.29, 0.717) is 17.5 Å². The van der Waals surface area contributed by atoms with E-state index in [1.165, 1.54) is 19.3 Å². The van der Waals surface area contributed by atoms with Gasteiger partial charge in [0, 0.05) is 18.3 Å². The summed E-state index contributed by atoms with van der Waals surface area (Å²) in [4.78, 5) is 0.320. The molecule has 0 aliphatic carbocycles. The van der Waals surface area contributed by atoms with Gasteiger partial charge in [0.15, 0.2) is 0 Å². The molecule has 5 heteroatoms. The third-order valence-corrected chi connectivity index (χ3v) is 4.84. The molecule has 0 aromatic heterocycles. The van der Waals surface area contributed by atoms with Crippen molar-refractivity contribution in [2.75, 3.05) is 11.9 Å². The molecule has 0 amide bonds. The first-order valence-corrected chi connectivity index (χ1v) is 9.34. The zero-order chi connectivity index (χ0) is 15.7. The molecule has 1 aromatic carbocycles. The van der Waals surface area contributed by atoms with Gasteiger partial charge in [0.2, 0.25) is 10.0 Å². The fourth-order valence-electron chi connectivity index (χ4n) is 2.11. The molecule has 1 aromatic rings. The Balaban J connectivity index is 2.57. The quantitative estimate of drug-likeness (QED) is 0.647. The number of rotatable bonds is 10. The van der Waals surface area contributed by atoms with Crippen LogP contribution in [0.3, 0.4) is 0 Å². The highest BCUT2D eigenvalue weighted by Gasteiger charge is 2.12. The maximum Gasteiger partial charge on any atom is 0.240 e. The Hall–Kier alpha value is -1.07. The maximum atomic E-state index is 12.0. The number of benzene rings is 1. The summed E-state index contributed by atoms with van der Waals surface area (Å²) in [5, 5.41) is 3.41. The lowest BCUT2D eigenvalue weighted by atomic mass is 10.1. The van der Waals surface area contributed by atoms with E-state index < -0.39 is 10.0 Å². The van der Waals surface area contributed by atoms with Crippen molar-refractivity contribution in [3.05, 3.63) is 24.3 Å². The highest BCUT2D eigenvalue weighted by atomic mass is 32.2. The summed E-state index contributed by atoms with van der Waals surface area (Å²) >= 11 is 0. The molecule has 4 nitrogen and oxygen atoms in total. The van der Waals surface area contributed by atoms with Gasteiger partial charge in [0.05, 0.1) is 4.90 Å². The Morgan fingerprint density at radius 3 is 2.29 bits per heavy atom. The van der Waals surface area contributed by atoms with Crippen molar-refractivity contribution in [2.45, 2.75) is 63.8 Å². The van der Waals surface area contributed by atoms with Crippen LogP contribution in [-0.4, -0.2) is 21.0 Å². The van der Waals surface area contributed by atoms with E-state index in [-0.39, 0.29) is 0 Å². The lowest BCUT2D eigenvalue weighted by molar-refractivity contribution is 0.581. The van der Waals surface area contributed by atoms with E-state index in [9.17, 15) is 8.42 Å². The van der Waals surface area contributed by atoms with Crippen LogP contribution >= 0.6 is 0 Å². The van der Waals surface area contributed by atoms with E-state index in [1.807, 2.05) is 19.1 Å². The molecule has 1 unspecified atom stereocenters. The van der Waals surface area contributed by atoms with E-state index in [4.69, 9.17) is 0 Å². The van der Waals surface area contributed by atoms with Crippen molar-refractivity contribution in [1.82, 2.24) is 4.72 Å². The van der Waals surface area contributed by atoms with Gasteiger partial charge in [-0.1, -0.05) is 33.1 Å². The van der Waals surface area contributed by atoms with Gasteiger partial charge in [0.25, 0.3) is 0 Å². The van der Waals surface area contributed by atoms with Crippen LogP contribution in [0.15, 0.2) is 29.2 Å². The van der Waals surface area contributed by atoms with Crippen LogP contribution in [0, 0.1) is 0 Å². The Bertz CT molecular complexity index is 498. The zero-order valence-electron chi connectivity index (χ0n) is 13.4. The largest absolute Gasteiger partial charge is 0.383 e. The molecular weight excluding hydrogens is 284 g/mol. The summed E-state index contributed by atoms with van der Waals surface area (Å²) in [6.07, 6.45) is 5.62. The molecule has 1 rings (SSSR count). The predicted molar refractivity (Wildman–Crippen MR) is 89.1 cm³/mol. The van der Waals surface area contributed by atoms with Crippen LogP contribution in [0.25, 0.3) is 0 Å². The molecule has 0 fully saturated rings. The van der Waals surface area contributed by atoms with Gasteiger partial charge in [-0.2, -0.15) is 0 Å². The minimum Gasteiger partial charge on any atom is -0.383 e. The molecule has 120 valence electrons. The number of anilines is 1. The Morgan fingerprint density at radius 1 is 1.05 bits per heavy atom. The van der Waals surface area contributed by atoms with Gasteiger partial charge in [-0.25, -0.2) is 13.1 Å². The smallest absolute Gasteiger partial charge is 0.240 e. The summed E-state index contributed by atoms with van der Waals surface area (Å²) < 4.78 is 26.5. The summed E-state index contributed by atoms with van der Waals surface area (Å²) in [5.74, 6) is 0. The van der Waals surface area contributed by atoms with Gasteiger partial charge in [-0.05, 0) is 44.0 Å². The Kier molecular flexibility index (Phi) is 7.75. The van der Waals surface area contributed by atoms with Crippen molar-refractivity contribution in [3.63, 3.8) is 0 Å². The Labute approximate surface area is 129 Å². The van der Waals surface area contributed by atoms with E-state index in [2.05, 4.69) is 23.9 Å². The third-order valence-electron chi connectivity index (χ3n) is 3.36. The molecule has 1 atom stereocenters. The summed E-state index contributed by atoms with van der Waals surface area (Å²) in [6.45, 7) is 6.76. The maximum absolute atomic E-state index is 12.0. The van der Waals surface area contributed by atoms with Crippen LogP contribution in [-0.2, 0) is 10.0 Å². The first-order chi connectivity index (χ1) is 9.99. The van der Waals surface area contributed by atoms with Crippen molar-refractivity contribution >= 4 is 15.7 Å². The normalized spacial score (nSPS) is 13.1. The third kappa shape index (κ3) is 6.48. The topological polar surface area (TPSA) is 58.2 Å². The Morgan fingerprint density at radius 2 is 1.71 bits per heavy atom. The second-order valence-corrected chi connectivity index (χ2v) is 7.23. The molecule has 0 heterocycles. The first kappa shape index (κ1) is 18.0. The molecule has 0 bridgehead atoms. The predicted octanol–water partition coefficient (Wildman–Crippen LogP) is 3.76. The molecule has 2 N–H and O–H groups in total. The second kappa shape index (κ2) is 9.05. The van der Waals surface area contributed by atoms with Crippen molar-refractivity contribution in [1.29, 1.82) is 0 Å². The number of hydrogen-bond donors (Lipinski definition) is 2. The van der Waals surface area contributed by atoms with Crippen LogP contribution < -0.4 is 10.0 Å². The lowest BCUT2D eigenvalue weighted by Gasteiger charge is -2.15. The number of nitrogens with one attached hydrogen (secondary N) is 2. The van der Waals surface area contributed by atoms with Crippen molar-refractivity contribution in [2.24, 2.45) is 0 Å². The van der Waals surface area contributed by atoms with E-state index in [0.717, 1.165) is 18.5 Å².